The highest BCUT2D eigenvalue weighted by molar-refractivity contribution is 7.09. The molecule has 0 aliphatic rings. The number of nitrogens with one attached hydrogen (secondary N) is 1. The van der Waals surface area contributed by atoms with E-state index in [2.05, 4.69) is 10.3 Å². The van der Waals surface area contributed by atoms with Crippen molar-refractivity contribution in [2.45, 2.75) is 33.2 Å². The van der Waals surface area contributed by atoms with Gasteiger partial charge in [0, 0.05) is 23.4 Å². The number of nitrogens with zero attached hydrogens (tertiary/aromatic N) is 1. The predicted molar refractivity (Wildman–Crippen MR) is 78.1 cm³/mol. The van der Waals surface area contributed by atoms with Crippen molar-refractivity contribution in [2.24, 2.45) is 0 Å². The van der Waals surface area contributed by atoms with Crippen molar-refractivity contribution in [3.05, 3.63) is 51.0 Å². The molecule has 0 bridgehead atoms. The number of hydrogen-bond acceptors (Lipinski definition) is 3. The summed E-state index contributed by atoms with van der Waals surface area (Å²) >= 11 is 1.56. The Kier molecular flexibility index (Phi) is 4.83. The summed E-state index contributed by atoms with van der Waals surface area (Å²) in [6.07, 6.45) is 0.553. The first-order valence-corrected chi connectivity index (χ1v) is 7.49. The molecule has 0 aliphatic heterocycles. The molecule has 1 unspecified atom stereocenters. The molecule has 5 heteroatoms. The minimum atomic E-state index is -0.764. The van der Waals surface area contributed by atoms with E-state index in [-0.39, 0.29) is 6.04 Å². The normalized spacial score (nSPS) is 12.7. The second-order valence-corrected chi connectivity index (χ2v) is 5.83. The van der Waals surface area contributed by atoms with Gasteiger partial charge in [0.25, 0.3) is 0 Å². The maximum atomic E-state index is 14.1. The van der Waals surface area contributed by atoms with Gasteiger partial charge in [-0.25, -0.2) is 13.8 Å². The Balaban J connectivity index is 2.31. The molecule has 0 radical (unpaired) electrons. The number of rotatable bonds is 5. The van der Waals surface area contributed by atoms with Gasteiger partial charge in [-0.15, -0.1) is 11.3 Å². The Morgan fingerprint density at radius 2 is 2.00 bits per heavy atom. The SMILES string of the molecule is CCNC(Cc1csc(C)n1)c1ccc(C)c(F)c1F. The molecule has 0 aliphatic carbocycles. The second kappa shape index (κ2) is 6.41. The van der Waals surface area contributed by atoms with Crippen molar-refractivity contribution in [1.82, 2.24) is 10.3 Å². The summed E-state index contributed by atoms with van der Waals surface area (Å²) < 4.78 is 27.8. The molecule has 2 rings (SSSR count). The minimum Gasteiger partial charge on any atom is -0.310 e. The van der Waals surface area contributed by atoms with Crippen LogP contribution in [0.2, 0.25) is 0 Å². The van der Waals surface area contributed by atoms with E-state index in [1.165, 1.54) is 0 Å². The Labute approximate surface area is 121 Å². The van der Waals surface area contributed by atoms with Crippen LogP contribution in [0, 0.1) is 25.5 Å². The van der Waals surface area contributed by atoms with Crippen molar-refractivity contribution in [3.8, 4) is 0 Å². The molecule has 0 saturated carbocycles. The third-order valence-corrected chi connectivity index (χ3v) is 4.03. The zero-order valence-electron chi connectivity index (χ0n) is 11.8. The molecule has 1 heterocycles. The zero-order chi connectivity index (χ0) is 14.7. The van der Waals surface area contributed by atoms with Crippen LogP contribution in [0.15, 0.2) is 17.5 Å². The highest BCUT2D eigenvalue weighted by atomic mass is 32.1. The van der Waals surface area contributed by atoms with Crippen LogP contribution in [-0.4, -0.2) is 11.5 Å². The van der Waals surface area contributed by atoms with Crippen molar-refractivity contribution < 1.29 is 8.78 Å². The monoisotopic (exact) mass is 296 g/mol. The van der Waals surface area contributed by atoms with E-state index in [0.717, 1.165) is 10.7 Å². The quantitative estimate of drug-likeness (QED) is 0.904. The van der Waals surface area contributed by atoms with Crippen LogP contribution < -0.4 is 5.32 Å². The Hall–Kier alpha value is -1.33. The van der Waals surface area contributed by atoms with Gasteiger partial charge >= 0.3 is 0 Å². The van der Waals surface area contributed by atoms with Crippen molar-refractivity contribution in [3.63, 3.8) is 0 Å². The molecule has 0 fully saturated rings. The Morgan fingerprint density at radius 3 is 2.60 bits per heavy atom. The first kappa shape index (κ1) is 15.1. The van der Waals surface area contributed by atoms with Gasteiger partial charge in [0.15, 0.2) is 11.6 Å². The first-order valence-electron chi connectivity index (χ1n) is 6.61. The molecule has 1 atom stereocenters. The van der Waals surface area contributed by atoms with E-state index in [1.54, 1.807) is 30.4 Å². The van der Waals surface area contributed by atoms with Crippen molar-refractivity contribution in [2.75, 3.05) is 6.54 Å². The Bertz CT molecular complexity index is 596. The van der Waals surface area contributed by atoms with Gasteiger partial charge in [0.2, 0.25) is 0 Å². The lowest BCUT2D eigenvalue weighted by Gasteiger charge is -2.19. The van der Waals surface area contributed by atoms with Gasteiger partial charge in [-0.2, -0.15) is 0 Å². The summed E-state index contributed by atoms with van der Waals surface area (Å²) in [7, 11) is 0. The third-order valence-electron chi connectivity index (χ3n) is 3.21. The Morgan fingerprint density at radius 1 is 1.25 bits per heavy atom. The van der Waals surface area contributed by atoms with Gasteiger partial charge in [0.05, 0.1) is 10.7 Å². The van der Waals surface area contributed by atoms with Crippen LogP contribution in [0.4, 0.5) is 8.78 Å². The van der Waals surface area contributed by atoms with Crippen LogP contribution in [0.25, 0.3) is 0 Å². The fraction of sp³-hybridized carbons (Fsp3) is 0.400. The maximum absolute atomic E-state index is 14.1. The van der Waals surface area contributed by atoms with Crippen LogP contribution >= 0.6 is 11.3 Å². The molecule has 1 aromatic heterocycles. The molecule has 108 valence electrons. The second-order valence-electron chi connectivity index (χ2n) is 4.77. The number of thiazole rings is 1. The summed E-state index contributed by atoms with van der Waals surface area (Å²) in [5.41, 5.74) is 1.59. The standard InChI is InChI=1S/C15H18F2N2S/c1-4-18-13(7-11-8-20-10(3)19-11)12-6-5-9(2)14(16)15(12)17/h5-6,8,13,18H,4,7H2,1-3H3. The molecular formula is C15H18F2N2S. The average Bonchev–Trinajstić information content (AvgIpc) is 2.81. The molecule has 0 spiro atoms. The molecule has 0 saturated heterocycles. The highest BCUT2D eigenvalue weighted by Crippen LogP contribution is 2.25. The van der Waals surface area contributed by atoms with Gasteiger partial charge in [-0.1, -0.05) is 19.1 Å². The van der Waals surface area contributed by atoms with Crippen LogP contribution in [-0.2, 0) is 6.42 Å². The molecule has 2 nitrogen and oxygen atoms in total. The van der Waals surface area contributed by atoms with Crippen LogP contribution in [0.3, 0.4) is 0 Å². The molecule has 0 amide bonds. The number of aryl methyl sites for hydroxylation is 2. The van der Waals surface area contributed by atoms with Crippen LogP contribution in [0.1, 0.15) is 34.8 Å². The summed E-state index contributed by atoms with van der Waals surface area (Å²) in [4.78, 5) is 4.39. The van der Waals surface area contributed by atoms with Crippen molar-refractivity contribution in [1.29, 1.82) is 0 Å². The lowest BCUT2D eigenvalue weighted by atomic mass is 10.00. The zero-order valence-corrected chi connectivity index (χ0v) is 12.7. The summed E-state index contributed by atoms with van der Waals surface area (Å²) in [6, 6.07) is 3.00. The van der Waals surface area contributed by atoms with E-state index in [9.17, 15) is 8.78 Å². The van der Waals surface area contributed by atoms with Gasteiger partial charge in [-0.05, 0) is 26.0 Å². The van der Waals surface area contributed by atoms with E-state index in [1.807, 2.05) is 19.2 Å². The summed E-state index contributed by atoms with van der Waals surface area (Å²) in [5.74, 6) is -1.53. The number of likely N-dealkylation sites (N-methyl/N-ethyl adjacent to an activating group) is 1. The van der Waals surface area contributed by atoms with Gasteiger partial charge < -0.3 is 5.32 Å². The minimum absolute atomic E-state index is 0.267. The van der Waals surface area contributed by atoms with E-state index >= 15 is 0 Å². The van der Waals surface area contributed by atoms with E-state index in [0.29, 0.717) is 24.1 Å². The van der Waals surface area contributed by atoms with Gasteiger partial charge in [-0.3, -0.25) is 0 Å². The number of halogens is 2. The summed E-state index contributed by atoms with van der Waals surface area (Å²) in [6.45, 7) is 6.13. The van der Waals surface area contributed by atoms with Crippen molar-refractivity contribution >= 4 is 11.3 Å². The number of benzene rings is 1. The smallest absolute Gasteiger partial charge is 0.163 e. The molecule has 2 aromatic rings. The molecule has 20 heavy (non-hydrogen) atoms. The van der Waals surface area contributed by atoms with E-state index < -0.39 is 11.6 Å². The number of aromatic nitrogens is 1. The summed E-state index contributed by atoms with van der Waals surface area (Å²) in [5, 5.41) is 6.14. The third kappa shape index (κ3) is 3.22. The van der Waals surface area contributed by atoms with Gasteiger partial charge in [0.1, 0.15) is 0 Å². The fourth-order valence-electron chi connectivity index (χ4n) is 2.18. The maximum Gasteiger partial charge on any atom is 0.163 e. The van der Waals surface area contributed by atoms with E-state index in [4.69, 9.17) is 0 Å². The number of hydrogen-bond donors (Lipinski definition) is 1. The first-order chi connectivity index (χ1) is 9.52. The molecule has 1 N–H and O–H groups in total. The predicted octanol–water partition coefficient (Wildman–Crippen LogP) is 3.93. The largest absolute Gasteiger partial charge is 0.310 e. The topological polar surface area (TPSA) is 24.9 Å². The average molecular weight is 296 g/mol. The highest BCUT2D eigenvalue weighted by Gasteiger charge is 2.20. The van der Waals surface area contributed by atoms with Crippen LogP contribution in [0.5, 0.6) is 0 Å². The fourth-order valence-corrected chi connectivity index (χ4v) is 2.81. The molecule has 1 aromatic carbocycles. The molecular weight excluding hydrogens is 278 g/mol. The lowest BCUT2D eigenvalue weighted by Crippen LogP contribution is -2.24. The lowest BCUT2D eigenvalue weighted by molar-refractivity contribution is 0.460.